The van der Waals surface area contributed by atoms with Gasteiger partial charge in [0.15, 0.2) is 0 Å². The summed E-state index contributed by atoms with van der Waals surface area (Å²) in [5.41, 5.74) is 3.29. The zero-order valence-corrected chi connectivity index (χ0v) is 12.9. The van der Waals surface area contributed by atoms with Crippen LogP contribution >= 0.6 is 0 Å². The fourth-order valence-electron chi connectivity index (χ4n) is 2.21. The maximum atomic E-state index is 4.70. The molecule has 0 aromatic carbocycles. The van der Waals surface area contributed by atoms with Gasteiger partial charge in [-0.3, -0.25) is 14.9 Å². The summed E-state index contributed by atoms with van der Waals surface area (Å²) in [5, 5.41) is 3.39. The highest BCUT2D eigenvalue weighted by atomic mass is 15.1. The average Bonchev–Trinajstić information content (AvgIpc) is 2.49. The predicted octanol–water partition coefficient (Wildman–Crippen LogP) is 2.61. The van der Waals surface area contributed by atoms with Crippen LogP contribution in [0.15, 0.2) is 42.6 Å². The van der Waals surface area contributed by atoms with Gasteiger partial charge in [-0.05, 0) is 44.3 Å². The number of nitrogens with one attached hydrogen (secondary N) is 1. The number of aromatic nitrogens is 2. The second-order valence-corrected chi connectivity index (χ2v) is 5.29. The minimum absolute atomic E-state index is 0.832. The molecule has 0 aliphatic carbocycles. The van der Waals surface area contributed by atoms with Crippen LogP contribution < -0.4 is 5.32 Å². The Bertz CT molecular complexity index is 527. The molecule has 0 spiro atoms. The third-order valence-electron chi connectivity index (χ3n) is 3.19. The molecule has 1 N–H and O–H groups in total. The summed E-state index contributed by atoms with van der Waals surface area (Å²) >= 11 is 0. The van der Waals surface area contributed by atoms with E-state index < -0.39 is 0 Å². The molecule has 0 saturated carbocycles. The van der Waals surface area contributed by atoms with E-state index in [1.807, 2.05) is 18.3 Å². The van der Waals surface area contributed by atoms with E-state index in [9.17, 15) is 0 Å². The summed E-state index contributed by atoms with van der Waals surface area (Å²) in [6, 6.07) is 12.3. The first-order chi connectivity index (χ1) is 10.3. The first kappa shape index (κ1) is 15.6. The zero-order valence-electron chi connectivity index (χ0n) is 12.9. The summed E-state index contributed by atoms with van der Waals surface area (Å²) < 4.78 is 0. The zero-order chi connectivity index (χ0) is 14.9. The molecule has 0 aliphatic rings. The summed E-state index contributed by atoms with van der Waals surface area (Å²) in [6.07, 6.45) is 2.98. The summed E-state index contributed by atoms with van der Waals surface area (Å²) in [5.74, 6) is 0. The largest absolute Gasteiger partial charge is 0.311 e. The van der Waals surface area contributed by atoms with Gasteiger partial charge in [-0.2, -0.15) is 0 Å². The Hall–Kier alpha value is -1.78. The third-order valence-corrected chi connectivity index (χ3v) is 3.19. The van der Waals surface area contributed by atoms with Crippen molar-refractivity contribution in [3.8, 4) is 0 Å². The molecule has 0 amide bonds. The van der Waals surface area contributed by atoms with Crippen molar-refractivity contribution in [1.29, 1.82) is 0 Å². The van der Waals surface area contributed by atoms with E-state index in [-0.39, 0.29) is 0 Å². The van der Waals surface area contributed by atoms with Gasteiger partial charge >= 0.3 is 0 Å². The Morgan fingerprint density at radius 2 is 1.76 bits per heavy atom. The van der Waals surface area contributed by atoms with Gasteiger partial charge in [0.25, 0.3) is 0 Å². The molecule has 0 unspecified atom stereocenters. The minimum atomic E-state index is 0.832. The van der Waals surface area contributed by atoms with Gasteiger partial charge in [-0.15, -0.1) is 0 Å². The molecule has 0 fully saturated rings. The van der Waals surface area contributed by atoms with Crippen LogP contribution in [0.1, 0.15) is 30.4 Å². The van der Waals surface area contributed by atoms with E-state index in [0.717, 1.165) is 49.7 Å². The van der Waals surface area contributed by atoms with Crippen LogP contribution in [0.4, 0.5) is 0 Å². The van der Waals surface area contributed by atoms with Crippen LogP contribution in [0, 0.1) is 0 Å². The fraction of sp³-hybridized carbons (Fsp3) is 0.412. The minimum Gasteiger partial charge on any atom is -0.311 e. The molecule has 21 heavy (non-hydrogen) atoms. The topological polar surface area (TPSA) is 41.0 Å². The Labute approximate surface area is 127 Å². The SMILES string of the molecule is CCCNCc1cccc(CN(C)Cc2ccccn2)n1. The van der Waals surface area contributed by atoms with Gasteiger partial charge < -0.3 is 5.32 Å². The molecule has 2 aromatic rings. The highest BCUT2D eigenvalue weighted by Crippen LogP contribution is 2.06. The Morgan fingerprint density at radius 1 is 1.00 bits per heavy atom. The van der Waals surface area contributed by atoms with Gasteiger partial charge in [0.05, 0.1) is 17.1 Å². The molecule has 4 heteroatoms. The van der Waals surface area contributed by atoms with Crippen LogP contribution in [0.25, 0.3) is 0 Å². The van der Waals surface area contributed by atoms with Crippen LogP contribution in [0.2, 0.25) is 0 Å². The number of rotatable bonds is 8. The lowest BCUT2D eigenvalue weighted by Crippen LogP contribution is -2.20. The van der Waals surface area contributed by atoms with Crippen molar-refractivity contribution in [1.82, 2.24) is 20.2 Å². The van der Waals surface area contributed by atoms with E-state index in [4.69, 9.17) is 4.98 Å². The Balaban J connectivity index is 1.88. The predicted molar refractivity (Wildman–Crippen MR) is 85.6 cm³/mol. The standard InChI is InChI=1S/C17H24N4/c1-3-10-18-12-15-8-6-9-17(20-15)14-21(2)13-16-7-4-5-11-19-16/h4-9,11,18H,3,10,12-14H2,1-2H3. The molecule has 0 aliphatic heterocycles. The van der Waals surface area contributed by atoms with Gasteiger partial charge in [0, 0.05) is 25.8 Å². The van der Waals surface area contributed by atoms with Crippen molar-refractivity contribution in [2.24, 2.45) is 0 Å². The summed E-state index contributed by atoms with van der Waals surface area (Å²) in [4.78, 5) is 11.3. The molecular weight excluding hydrogens is 260 g/mol. The first-order valence-corrected chi connectivity index (χ1v) is 7.52. The molecule has 0 bridgehead atoms. The second-order valence-electron chi connectivity index (χ2n) is 5.29. The Morgan fingerprint density at radius 3 is 2.52 bits per heavy atom. The van der Waals surface area contributed by atoms with E-state index >= 15 is 0 Å². The molecule has 0 saturated heterocycles. The van der Waals surface area contributed by atoms with Crippen molar-refractivity contribution in [3.05, 3.63) is 59.7 Å². The lowest BCUT2D eigenvalue weighted by Gasteiger charge is -2.16. The van der Waals surface area contributed by atoms with Crippen molar-refractivity contribution in [2.45, 2.75) is 33.0 Å². The quantitative estimate of drug-likeness (QED) is 0.757. The van der Waals surface area contributed by atoms with Gasteiger partial charge in [0.2, 0.25) is 0 Å². The lowest BCUT2D eigenvalue weighted by atomic mass is 10.2. The first-order valence-electron chi connectivity index (χ1n) is 7.52. The molecule has 2 rings (SSSR count). The van der Waals surface area contributed by atoms with Gasteiger partial charge in [0.1, 0.15) is 0 Å². The smallest absolute Gasteiger partial charge is 0.0547 e. The fourth-order valence-corrected chi connectivity index (χ4v) is 2.21. The summed E-state index contributed by atoms with van der Waals surface area (Å²) in [6.45, 7) is 5.71. The third kappa shape index (κ3) is 5.61. The van der Waals surface area contributed by atoms with Crippen molar-refractivity contribution in [3.63, 3.8) is 0 Å². The van der Waals surface area contributed by atoms with Crippen LogP contribution in [-0.2, 0) is 19.6 Å². The number of hydrogen-bond acceptors (Lipinski definition) is 4. The van der Waals surface area contributed by atoms with Crippen LogP contribution in [-0.4, -0.2) is 28.5 Å². The second kappa shape index (κ2) is 8.49. The molecule has 112 valence electrons. The van der Waals surface area contributed by atoms with Crippen molar-refractivity contribution >= 4 is 0 Å². The average molecular weight is 284 g/mol. The molecule has 0 atom stereocenters. The van der Waals surface area contributed by atoms with Gasteiger partial charge in [-0.25, -0.2) is 0 Å². The van der Waals surface area contributed by atoms with E-state index in [1.165, 1.54) is 0 Å². The van der Waals surface area contributed by atoms with Crippen molar-refractivity contribution < 1.29 is 0 Å². The van der Waals surface area contributed by atoms with Crippen molar-refractivity contribution in [2.75, 3.05) is 13.6 Å². The van der Waals surface area contributed by atoms with Crippen LogP contribution in [0.5, 0.6) is 0 Å². The molecule has 2 aromatic heterocycles. The Kier molecular flexibility index (Phi) is 6.31. The normalized spacial score (nSPS) is 11.0. The highest BCUT2D eigenvalue weighted by Gasteiger charge is 2.04. The maximum absolute atomic E-state index is 4.70. The molecule has 2 heterocycles. The monoisotopic (exact) mass is 284 g/mol. The summed E-state index contributed by atoms with van der Waals surface area (Å²) in [7, 11) is 2.10. The van der Waals surface area contributed by atoms with Gasteiger partial charge in [-0.1, -0.05) is 19.1 Å². The highest BCUT2D eigenvalue weighted by molar-refractivity contribution is 5.11. The van der Waals surface area contributed by atoms with E-state index in [1.54, 1.807) is 0 Å². The number of pyridine rings is 2. The number of hydrogen-bond donors (Lipinski definition) is 1. The molecule has 0 radical (unpaired) electrons. The van der Waals surface area contributed by atoms with Crippen LogP contribution in [0.3, 0.4) is 0 Å². The molecule has 4 nitrogen and oxygen atoms in total. The lowest BCUT2D eigenvalue weighted by molar-refractivity contribution is 0.311. The number of nitrogens with zero attached hydrogens (tertiary/aromatic N) is 3. The maximum Gasteiger partial charge on any atom is 0.0547 e. The van der Waals surface area contributed by atoms with E-state index in [2.05, 4.69) is 53.4 Å². The van der Waals surface area contributed by atoms with E-state index in [0.29, 0.717) is 0 Å². The molecular formula is C17H24N4.